The van der Waals surface area contributed by atoms with Crippen molar-refractivity contribution in [1.82, 2.24) is 4.90 Å². The van der Waals surface area contributed by atoms with Crippen LogP contribution in [-0.4, -0.2) is 24.4 Å². The summed E-state index contributed by atoms with van der Waals surface area (Å²) in [6.07, 6.45) is 1.07. The van der Waals surface area contributed by atoms with Crippen molar-refractivity contribution >= 4 is 34.5 Å². The van der Waals surface area contributed by atoms with Crippen molar-refractivity contribution in [2.24, 2.45) is 5.92 Å². The average Bonchev–Trinajstić information content (AvgIpc) is 2.31. The van der Waals surface area contributed by atoms with Gasteiger partial charge in [0.1, 0.15) is 0 Å². The maximum atomic E-state index is 12.2. The quantitative estimate of drug-likeness (QED) is 0.837. The standard InChI is InChI=1S/C13H18BrNOS/c1-4-9(2)8-15(3)13(16)11-7-10(17)5-6-12(11)14/h5-7,9,17H,4,8H2,1-3H3. The van der Waals surface area contributed by atoms with Crippen LogP contribution in [0, 0.1) is 5.92 Å². The minimum atomic E-state index is 0.0353. The molecule has 0 saturated carbocycles. The Morgan fingerprint density at radius 3 is 2.76 bits per heavy atom. The molecule has 0 aliphatic rings. The highest BCUT2D eigenvalue weighted by Crippen LogP contribution is 2.22. The molecule has 0 bridgehead atoms. The molecular formula is C13H18BrNOS. The Bertz CT molecular complexity index is 408. The van der Waals surface area contributed by atoms with E-state index in [-0.39, 0.29) is 5.91 Å². The molecule has 1 aromatic carbocycles. The average molecular weight is 316 g/mol. The summed E-state index contributed by atoms with van der Waals surface area (Å²) in [5.41, 5.74) is 0.670. The topological polar surface area (TPSA) is 20.3 Å². The summed E-state index contributed by atoms with van der Waals surface area (Å²) in [5, 5.41) is 0. The third-order valence-electron chi connectivity index (χ3n) is 2.81. The predicted octanol–water partition coefficient (Wildman–Crippen LogP) is 3.86. The van der Waals surface area contributed by atoms with Gasteiger partial charge < -0.3 is 4.90 Å². The van der Waals surface area contributed by atoms with Gasteiger partial charge in [-0.05, 0) is 40.0 Å². The first kappa shape index (κ1) is 14.6. The van der Waals surface area contributed by atoms with Crippen LogP contribution < -0.4 is 0 Å². The first-order valence-electron chi connectivity index (χ1n) is 5.69. The lowest BCUT2D eigenvalue weighted by atomic mass is 10.1. The highest BCUT2D eigenvalue weighted by atomic mass is 79.9. The lowest BCUT2D eigenvalue weighted by Crippen LogP contribution is -2.31. The molecule has 1 aromatic rings. The summed E-state index contributed by atoms with van der Waals surface area (Å²) in [5.74, 6) is 0.551. The van der Waals surface area contributed by atoms with Gasteiger partial charge in [-0.25, -0.2) is 0 Å². The number of carbonyl (C=O) groups is 1. The van der Waals surface area contributed by atoms with Crippen molar-refractivity contribution in [3.63, 3.8) is 0 Å². The van der Waals surface area contributed by atoms with Crippen LogP contribution in [0.15, 0.2) is 27.6 Å². The van der Waals surface area contributed by atoms with Gasteiger partial charge in [0, 0.05) is 23.0 Å². The van der Waals surface area contributed by atoms with E-state index in [1.807, 2.05) is 19.2 Å². The number of rotatable bonds is 4. The van der Waals surface area contributed by atoms with Gasteiger partial charge >= 0.3 is 0 Å². The minimum Gasteiger partial charge on any atom is -0.341 e. The SMILES string of the molecule is CCC(C)CN(C)C(=O)c1cc(S)ccc1Br. The van der Waals surface area contributed by atoms with Gasteiger partial charge in [-0.1, -0.05) is 20.3 Å². The normalized spacial score (nSPS) is 12.3. The second-order valence-corrected chi connectivity index (χ2v) is 5.73. The molecule has 2 nitrogen and oxygen atoms in total. The molecule has 0 aliphatic carbocycles. The first-order chi connectivity index (χ1) is 7.95. The number of nitrogens with zero attached hydrogens (tertiary/aromatic N) is 1. The zero-order valence-electron chi connectivity index (χ0n) is 10.4. The lowest BCUT2D eigenvalue weighted by molar-refractivity contribution is 0.0774. The number of carbonyl (C=O) groups excluding carboxylic acids is 1. The molecule has 0 spiro atoms. The van der Waals surface area contributed by atoms with Crippen molar-refractivity contribution in [3.8, 4) is 0 Å². The lowest BCUT2D eigenvalue weighted by Gasteiger charge is -2.21. The van der Waals surface area contributed by atoms with Crippen molar-refractivity contribution < 1.29 is 4.79 Å². The third-order valence-corrected chi connectivity index (χ3v) is 3.78. The Morgan fingerprint density at radius 2 is 2.18 bits per heavy atom. The first-order valence-corrected chi connectivity index (χ1v) is 6.93. The molecule has 0 fully saturated rings. The highest BCUT2D eigenvalue weighted by molar-refractivity contribution is 9.10. The van der Waals surface area contributed by atoms with Gasteiger partial charge in [-0.15, -0.1) is 12.6 Å². The maximum absolute atomic E-state index is 12.2. The molecule has 1 unspecified atom stereocenters. The van der Waals surface area contributed by atoms with E-state index in [0.717, 1.165) is 22.3 Å². The second-order valence-electron chi connectivity index (χ2n) is 4.36. The molecule has 1 amide bonds. The molecule has 1 rings (SSSR count). The number of amides is 1. The van der Waals surface area contributed by atoms with E-state index in [1.165, 1.54) is 0 Å². The summed E-state index contributed by atoms with van der Waals surface area (Å²) in [7, 11) is 1.84. The highest BCUT2D eigenvalue weighted by Gasteiger charge is 2.16. The van der Waals surface area contributed by atoms with E-state index in [2.05, 4.69) is 42.4 Å². The van der Waals surface area contributed by atoms with Gasteiger partial charge in [0.05, 0.1) is 5.56 Å². The molecule has 0 aliphatic heterocycles. The minimum absolute atomic E-state index is 0.0353. The predicted molar refractivity (Wildman–Crippen MR) is 77.8 cm³/mol. The van der Waals surface area contributed by atoms with Crippen LogP contribution in [0.4, 0.5) is 0 Å². The molecule has 0 N–H and O–H groups in total. The number of halogens is 1. The van der Waals surface area contributed by atoms with E-state index in [4.69, 9.17) is 0 Å². The Hall–Kier alpha value is -0.480. The van der Waals surface area contributed by atoms with E-state index < -0.39 is 0 Å². The second kappa shape index (κ2) is 6.45. The molecular weight excluding hydrogens is 298 g/mol. The largest absolute Gasteiger partial charge is 0.341 e. The van der Waals surface area contributed by atoms with Crippen LogP contribution in [0.3, 0.4) is 0 Å². The summed E-state index contributed by atoms with van der Waals surface area (Å²) >= 11 is 7.66. The van der Waals surface area contributed by atoms with Crippen LogP contribution in [0.5, 0.6) is 0 Å². The fourth-order valence-corrected chi connectivity index (χ4v) is 2.18. The summed E-state index contributed by atoms with van der Waals surface area (Å²) in [6, 6.07) is 5.51. The Kier molecular flexibility index (Phi) is 5.53. The Morgan fingerprint density at radius 1 is 1.53 bits per heavy atom. The summed E-state index contributed by atoms with van der Waals surface area (Å²) in [4.78, 5) is 14.8. The van der Waals surface area contributed by atoms with Gasteiger partial charge in [0.2, 0.25) is 0 Å². The smallest absolute Gasteiger partial charge is 0.254 e. The van der Waals surface area contributed by atoms with E-state index in [9.17, 15) is 4.79 Å². The molecule has 0 radical (unpaired) electrons. The molecule has 0 aromatic heterocycles. The van der Waals surface area contributed by atoms with E-state index in [0.29, 0.717) is 11.5 Å². The van der Waals surface area contributed by atoms with Gasteiger partial charge in [0.15, 0.2) is 0 Å². The van der Waals surface area contributed by atoms with E-state index >= 15 is 0 Å². The van der Waals surface area contributed by atoms with E-state index in [1.54, 1.807) is 11.0 Å². The molecule has 4 heteroatoms. The monoisotopic (exact) mass is 315 g/mol. The molecule has 17 heavy (non-hydrogen) atoms. The number of benzene rings is 1. The van der Waals surface area contributed by atoms with Crippen LogP contribution in [0.1, 0.15) is 30.6 Å². The summed E-state index contributed by atoms with van der Waals surface area (Å²) in [6.45, 7) is 5.06. The molecule has 0 saturated heterocycles. The van der Waals surface area contributed by atoms with Crippen LogP contribution >= 0.6 is 28.6 Å². The molecule has 94 valence electrons. The van der Waals surface area contributed by atoms with Crippen molar-refractivity contribution in [2.75, 3.05) is 13.6 Å². The number of thiol groups is 1. The van der Waals surface area contributed by atoms with Gasteiger partial charge in [0.25, 0.3) is 5.91 Å². The van der Waals surface area contributed by atoms with Gasteiger partial charge in [-0.2, -0.15) is 0 Å². The van der Waals surface area contributed by atoms with Crippen LogP contribution in [-0.2, 0) is 0 Å². The van der Waals surface area contributed by atoms with Crippen LogP contribution in [0.25, 0.3) is 0 Å². The van der Waals surface area contributed by atoms with Gasteiger partial charge in [-0.3, -0.25) is 4.79 Å². The third kappa shape index (κ3) is 4.03. The zero-order chi connectivity index (χ0) is 13.0. The zero-order valence-corrected chi connectivity index (χ0v) is 12.9. The maximum Gasteiger partial charge on any atom is 0.254 e. The summed E-state index contributed by atoms with van der Waals surface area (Å²) < 4.78 is 0.816. The Balaban J connectivity index is 2.85. The fraction of sp³-hybridized carbons (Fsp3) is 0.462. The molecule has 0 heterocycles. The van der Waals surface area contributed by atoms with Crippen molar-refractivity contribution in [3.05, 3.63) is 28.2 Å². The van der Waals surface area contributed by atoms with Crippen molar-refractivity contribution in [1.29, 1.82) is 0 Å². The van der Waals surface area contributed by atoms with Crippen molar-refractivity contribution in [2.45, 2.75) is 25.2 Å². The number of hydrogen-bond donors (Lipinski definition) is 1. The number of hydrogen-bond acceptors (Lipinski definition) is 2. The van der Waals surface area contributed by atoms with Crippen LogP contribution in [0.2, 0.25) is 0 Å². The fourth-order valence-electron chi connectivity index (χ4n) is 1.56. The Labute approximate surface area is 117 Å². The molecule has 1 atom stereocenters.